The van der Waals surface area contributed by atoms with E-state index in [2.05, 4.69) is 0 Å². The Kier molecular flexibility index (Phi) is 6.84. The molecule has 1 N–H and O–H groups in total. The first-order valence-corrected chi connectivity index (χ1v) is 10.1. The monoisotopic (exact) mass is 482 g/mol. The van der Waals surface area contributed by atoms with E-state index in [-0.39, 0.29) is 33.0 Å². The smallest absolute Gasteiger partial charge is 0.323 e. The van der Waals surface area contributed by atoms with E-state index < -0.39 is 28.6 Å². The molecule has 2 aromatic rings. The zero-order chi connectivity index (χ0) is 22.7. The number of carbonyl (C=O) groups is 3. The van der Waals surface area contributed by atoms with Gasteiger partial charge < -0.3 is 9.84 Å². The van der Waals surface area contributed by atoms with Crippen molar-refractivity contribution in [3.63, 3.8) is 0 Å². The molecule has 1 saturated heterocycles. The first-order valence-electron chi connectivity index (χ1n) is 8.48. The Bertz CT molecular complexity index is 1100. The van der Waals surface area contributed by atoms with Crippen molar-refractivity contribution in [3.8, 4) is 5.75 Å². The van der Waals surface area contributed by atoms with Crippen molar-refractivity contribution in [2.24, 2.45) is 0 Å². The summed E-state index contributed by atoms with van der Waals surface area (Å²) in [6.07, 6.45) is 1.38. The van der Waals surface area contributed by atoms with Crippen LogP contribution < -0.4 is 4.74 Å². The van der Waals surface area contributed by atoms with Crippen LogP contribution in [0.1, 0.15) is 11.1 Å². The minimum atomic E-state index is -1.30. The highest BCUT2D eigenvalue weighted by molar-refractivity contribution is 8.18. The number of rotatable bonds is 7. The fourth-order valence-electron chi connectivity index (χ4n) is 2.59. The van der Waals surface area contributed by atoms with Gasteiger partial charge in [-0.05, 0) is 53.2 Å². The molecule has 0 atom stereocenters. The van der Waals surface area contributed by atoms with Crippen LogP contribution in [-0.4, -0.2) is 38.6 Å². The van der Waals surface area contributed by atoms with Gasteiger partial charge >= 0.3 is 5.97 Å². The quantitative estimate of drug-likeness (QED) is 0.344. The molecule has 0 aromatic heterocycles. The summed E-state index contributed by atoms with van der Waals surface area (Å²) in [7, 11) is 0. The Hall–Kier alpha value is -3.08. The van der Waals surface area contributed by atoms with Gasteiger partial charge in [-0.25, -0.2) is 0 Å². The summed E-state index contributed by atoms with van der Waals surface area (Å²) in [5.41, 5.74) is 1.03. The van der Waals surface area contributed by atoms with Crippen LogP contribution in [0.2, 0.25) is 10.0 Å². The van der Waals surface area contributed by atoms with Crippen molar-refractivity contribution in [3.05, 3.63) is 72.6 Å². The van der Waals surface area contributed by atoms with Crippen molar-refractivity contribution in [1.29, 1.82) is 0 Å². The maximum Gasteiger partial charge on any atom is 0.323 e. The molecular formula is C19H12Cl2N2O7S. The van der Waals surface area contributed by atoms with Crippen molar-refractivity contribution < 1.29 is 29.2 Å². The molecule has 12 heteroatoms. The normalized spacial score (nSPS) is 14.9. The van der Waals surface area contributed by atoms with Gasteiger partial charge in [0, 0.05) is 12.1 Å². The molecule has 160 valence electrons. The van der Waals surface area contributed by atoms with E-state index in [9.17, 15) is 24.5 Å². The number of hydrogen-bond acceptors (Lipinski definition) is 7. The number of hydrogen-bond donors (Lipinski definition) is 1. The van der Waals surface area contributed by atoms with Gasteiger partial charge in [0.1, 0.15) is 13.2 Å². The fourth-order valence-corrected chi connectivity index (χ4v) is 4.04. The molecule has 1 fully saturated rings. The van der Waals surface area contributed by atoms with Gasteiger partial charge in [-0.3, -0.25) is 29.4 Å². The van der Waals surface area contributed by atoms with E-state index in [1.165, 1.54) is 30.3 Å². The van der Waals surface area contributed by atoms with Crippen LogP contribution in [0.3, 0.4) is 0 Å². The minimum Gasteiger partial charge on any atom is -0.486 e. The molecule has 31 heavy (non-hydrogen) atoms. The average molecular weight is 483 g/mol. The number of ether oxygens (including phenoxy) is 1. The Morgan fingerprint density at radius 2 is 1.81 bits per heavy atom. The summed E-state index contributed by atoms with van der Waals surface area (Å²) in [4.78, 5) is 45.7. The highest BCUT2D eigenvalue weighted by Crippen LogP contribution is 2.37. The van der Waals surface area contributed by atoms with Gasteiger partial charge in [-0.1, -0.05) is 23.2 Å². The molecular weight excluding hydrogens is 471 g/mol. The zero-order valence-electron chi connectivity index (χ0n) is 15.4. The summed E-state index contributed by atoms with van der Waals surface area (Å²) < 4.78 is 5.62. The lowest BCUT2D eigenvalue weighted by Crippen LogP contribution is -2.33. The predicted octanol–water partition coefficient (Wildman–Crippen LogP) is 4.60. The summed E-state index contributed by atoms with van der Waals surface area (Å²) in [5.74, 6) is -1.84. The summed E-state index contributed by atoms with van der Waals surface area (Å²) in [6.45, 7) is -0.663. The topological polar surface area (TPSA) is 127 Å². The first kappa shape index (κ1) is 22.6. The van der Waals surface area contributed by atoms with Gasteiger partial charge in [0.2, 0.25) is 0 Å². The minimum absolute atomic E-state index is 0.0398. The molecule has 2 amide bonds. The van der Waals surface area contributed by atoms with Gasteiger partial charge in [0.25, 0.3) is 16.8 Å². The molecule has 0 unspecified atom stereocenters. The molecule has 9 nitrogen and oxygen atoms in total. The van der Waals surface area contributed by atoms with Crippen molar-refractivity contribution in [1.82, 2.24) is 4.90 Å². The highest BCUT2D eigenvalue weighted by Gasteiger charge is 2.36. The SMILES string of the molecule is O=C(O)CN1C(=O)S/C(=C/c2cc(Cl)c(OCc3ccc([N+](=O)[O-])cc3)c(Cl)c2)C1=O. The number of nitrogens with zero attached hydrogens (tertiary/aromatic N) is 2. The fraction of sp³-hybridized carbons (Fsp3) is 0.105. The number of amides is 2. The lowest BCUT2D eigenvalue weighted by Gasteiger charge is -2.11. The number of nitro benzene ring substituents is 1. The second-order valence-corrected chi connectivity index (χ2v) is 8.00. The van der Waals surface area contributed by atoms with E-state index in [0.29, 0.717) is 27.8 Å². The molecule has 0 spiro atoms. The summed E-state index contributed by atoms with van der Waals surface area (Å²) in [5, 5.41) is 19.1. The molecule has 0 aliphatic carbocycles. The van der Waals surface area contributed by atoms with E-state index in [0.717, 1.165) is 0 Å². The summed E-state index contributed by atoms with van der Waals surface area (Å²) >= 11 is 13.1. The molecule has 1 aliphatic rings. The largest absolute Gasteiger partial charge is 0.486 e. The van der Waals surface area contributed by atoms with Crippen LogP contribution >= 0.6 is 35.0 Å². The third-order valence-corrected chi connectivity index (χ3v) is 5.48. The number of carboxylic acids is 1. The molecule has 0 saturated carbocycles. The van der Waals surface area contributed by atoms with Crippen LogP contribution in [0.4, 0.5) is 10.5 Å². The van der Waals surface area contributed by atoms with Crippen molar-refractivity contribution in [2.45, 2.75) is 6.61 Å². The van der Waals surface area contributed by atoms with Gasteiger partial charge in [0.15, 0.2) is 5.75 Å². The van der Waals surface area contributed by atoms with Gasteiger partial charge in [0.05, 0.1) is 19.9 Å². The summed E-state index contributed by atoms with van der Waals surface area (Å²) in [6, 6.07) is 8.74. The van der Waals surface area contributed by atoms with Gasteiger partial charge in [-0.15, -0.1) is 0 Å². The number of thioether (sulfide) groups is 1. The lowest BCUT2D eigenvalue weighted by atomic mass is 10.2. The van der Waals surface area contributed by atoms with Crippen molar-refractivity contribution >= 4 is 63.8 Å². The molecule has 0 bridgehead atoms. The number of carbonyl (C=O) groups excluding carboxylic acids is 2. The van der Waals surface area contributed by atoms with Crippen LogP contribution in [-0.2, 0) is 16.2 Å². The Morgan fingerprint density at radius 3 is 2.35 bits per heavy atom. The Morgan fingerprint density at radius 1 is 1.19 bits per heavy atom. The number of halogens is 2. The molecule has 1 aliphatic heterocycles. The number of imide groups is 1. The second kappa shape index (κ2) is 9.38. The van der Waals surface area contributed by atoms with E-state index in [1.54, 1.807) is 12.1 Å². The standard InChI is InChI=1S/C19H12Cl2N2O7S/c20-13-5-11(7-15-18(26)22(8-16(24)25)19(27)31-15)6-14(21)17(13)30-9-10-1-3-12(4-2-10)23(28)29/h1-7H,8-9H2,(H,24,25)/b15-7+. The number of carboxylic acid groups (broad SMARTS) is 1. The maximum absolute atomic E-state index is 12.2. The maximum atomic E-state index is 12.2. The Balaban J connectivity index is 1.75. The van der Waals surface area contributed by atoms with Crippen LogP contribution in [0.25, 0.3) is 6.08 Å². The van der Waals surface area contributed by atoms with Crippen LogP contribution in [0.15, 0.2) is 41.3 Å². The number of aliphatic carboxylic acids is 1. The molecule has 1 heterocycles. The first-order chi connectivity index (χ1) is 14.7. The Labute approximate surface area is 189 Å². The molecule has 3 rings (SSSR count). The number of nitro groups is 1. The molecule has 2 aromatic carbocycles. The second-order valence-electron chi connectivity index (χ2n) is 6.19. The van der Waals surface area contributed by atoms with Crippen LogP contribution in [0, 0.1) is 10.1 Å². The molecule has 0 radical (unpaired) electrons. The van der Waals surface area contributed by atoms with E-state index in [1.807, 2.05) is 0 Å². The highest BCUT2D eigenvalue weighted by atomic mass is 35.5. The average Bonchev–Trinajstić information content (AvgIpc) is 2.94. The van der Waals surface area contributed by atoms with Crippen molar-refractivity contribution in [2.75, 3.05) is 6.54 Å². The third kappa shape index (κ3) is 5.35. The number of non-ortho nitro benzene ring substituents is 1. The van der Waals surface area contributed by atoms with Gasteiger partial charge in [-0.2, -0.15) is 0 Å². The predicted molar refractivity (Wildman–Crippen MR) is 114 cm³/mol. The lowest BCUT2D eigenvalue weighted by molar-refractivity contribution is -0.384. The van der Waals surface area contributed by atoms with E-state index in [4.69, 9.17) is 33.0 Å². The van der Waals surface area contributed by atoms with Crippen LogP contribution in [0.5, 0.6) is 5.75 Å². The third-order valence-electron chi connectivity index (χ3n) is 4.02. The van der Waals surface area contributed by atoms with E-state index >= 15 is 0 Å². The number of benzene rings is 2. The zero-order valence-corrected chi connectivity index (χ0v) is 17.7.